The smallest absolute Gasteiger partial charge is 0.339 e. The minimum absolute atomic E-state index is 0.0312. The number of carboxylic acids is 1. The van der Waals surface area contributed by atoms with Crippen molar-refractivity contribution in [3.8, 4) is 5.75 Å². The minimum Gasteiger partial charge on any atom is -0.490 e. The Bertz CT molecular complexity index is 1000. The highest BCUT2D eigenvalue weighted by molar-refractivity contribution is 6.37. The molecule has 1 amide bonds. The van der Waals surface area contributed by atoms with Crippen LogP contribution in [0.4, 0.5) is 5.69 Å². The summed E-state index contributed by atoms with van der Waals surface area (Å²) in [6.45, 7) is 1.99. The van der Waals surface area contributed by atoms with Gasteiger partial charge in [0.05, 0.1) is 41.4 Å². The Morgan fingerprint density at radius 2 is 2.16 bits per heavy atom. The first-order valence-electron chi connectivity index (χ1n) is 9.46. The first-order chi connectivity index (χ1) is 15.0. The zero-order valence-electron chi connectivity index (χ0n) is 17.1. The lowest BCUT2D eigenvalue weighted by molar-refractivity contribution is -0.110. The van der Waals surface area contributed by atoms with Crippen molar-refractivity contribution in [1.82, 2.24) is 15.1 Å². The lowest BCUT2D eigenvalue weighted by Gasteiger charge is -2.11. The molecule has 3 N–H and O–H groups in total. The van der Waals surface area contributed by atoms with Crippen LogP contribution in [0.25, 0.3) is 11.6 Å². The summed E-state index contributed by atoms with van der Waals surface area (Å²) in [5, 5.41) is 19.5. The van der Waals surface area contributed by atoms with E-state index in [1.807, 2.05) is 7.05 Å². The first-order valence-corrected chi connectivity index (χ1v) is 9.84. The number of methoxy groups -OCH3 is 1. The summed E-state index contributed by atoms with van der Waals surface area (Å²) < 4.78 is 17.6. The van der Waals surface area contributed by atoms with Gasteiger partial charge in [-0.15, -0.1) is 0 Å². The normalized spacial score (nSPS) is 14.0. The number of nitrogens with zero attached hydrogens (tertiary/aromatic N) is 2. The SMILES string of the molecule is CNCCOCCOc1cc2c(cc1Cl)NC(=O)/C2=C\c1c(C(=O)O)cnn1COC. The lowest BCUT2D eigenvalue weighted by atomic mass is 10.0. The highest BCUT2D eigenvalue weighted by atomic mass is 35.5. The Balaban J connectivity index is 1.88. The number of carbonyl (C=O) groups is 2. The van der Waals surface area contributed by atoms with Gasteiger partial charge in [-0.2, -0.15) is 5.10 Å². The monoisotopic (exact) mass is 450 g/mol. The third kappa shape index (κ3) is 5.23. The molecule has 1 aliphatic heterocycles. The maximum atomic E-state index is 12.6. The molecule has 0 unspecified atom stereocenters. The number of carboxylic acid groups (broad SMARTS) is 1. The van der Waals surface area contributed by atoms with Gasteiger partial charge in [0.25, 0.3) is 5.91 Å². The largest absolute Gasteiger partial charge is 0.490 e. The number of nitrogens with one attached hydrogen (secondary N) is 2. The average Bonchev–Trinajstić information content (AvgIpc) is 3.26. The third-order valence-corrected chi connectivity index (χ3v) is 4.78. The van der Waals surface area contributed by atoms with E-state index in [0.29, 0.717) is 35.2 Å². The van der Waals surface area contributed by atoms with Crippen LogP contribution >= 0.6 is 11.6 Å². The van der Waals surface area contributed by atoms with E-state index in [-0.39, 0.29) is 36.1 Å². The molecule has 1 aromatic heterocycles. The van der Waals surface area contributed by atoms with Crippen molar-refractivity contribution in [2.75, 3.05) is 45.8 Å². The topological polar surface area (TPSA) is 124 Å². The number of likely N-dealkylation sites (N-methyl/N-ethyl adjacent to an activating group) is 1. The summed E-state index contributed by atoms with van der Waals surface area (Å²) in [5.41, 5.74) is 1.51. The van der Waals surface area contributed by atoms with E-state index in [1.165, 1.54) is 24.1 Å². The highest BCUT2D eigenvalue weighted by Crippen LogP contribution is 2.40. The Hall–Kier alpha value is -2.92. The van der Waals surface area contributed by atoms with Gasteiger partial charge in [0.15, 0.2) is 0 Å². The third-order valence-electron chi connectivity index (χ3n) is 4.48. The van der Waals surface area contributed by atoms with E-state index in [1.54, 1.807) is 12.1 Å². The molecule has 11 heteroatoms. The van der Waals surface area contributed by atoms with Crippen LogP contribution < -0.4 is 15.4 Å². The van der Waals surface area contributed by atoms with Gasteiger partial charge in [-0.1, -0.05) is 11.6 Å². The van der Waals surface area contributed by atoms with Crippen LogP contribution in [0, 0.1) is 0 Å². The second-order valence-electron chi connectivity index (χ2n) is 6.57. The number of fused-ring (bicyclic) bond motifs is 1. The molecule has 2 heterocycles. The molecule has 0 saturated carbocycles. The Kier molecular flexibility index (Phi) is 7.64. The second-order valence-corrected chi connectivity index (χ2v) is 6.98. The van der Waals surface area contributed by atoms with Crippen LogP contribution in [0.3, 0.4) is 0 Å². The number of halogens is 1. The number of rotatable bonds is 11. The number of aromatic nitrogens is 2. The summed E-state index contributed by atoms with van der Waals surface area (Å²) in [6.07, 6.45) is 2.68. The molecule has 31 heavy (non-hydrogen) atoms. The van der Waals surface area contributed by atoms with Crippen molar-refractivity contribution in [1.29, 1.82) is 0 Å². The fourth-order valence-electron chi connectivity index (χ4n) is 3.01. The zero-order valence-corrected chi connectivity index (χ0v) is 17.9. The Morgan fingerprint density at radius 1 is 1.35 bits per heavy atom. The van der Waals surface area contributed by atoms with Gasteiger partial charge in [-0.25, -0.2) is 9.48 Å². The minimum atomic E-state index is -1.16. The van der Waals surface area contributed by atoms with Gasteiger partial charge >= 0.3 is 5.97 Å². The number of benzene rings is 1. The van der Waals surface area contributed by atoms with Crippen LogP contribution in [-0.2, 0) is 21.0 Å². The van der Waals surface area contributed by atoms with Gasteiger partial charge < -0.3 is 30.0 Å². The number of carbonyl (C=O) groups excluding carboxylic acids is 1. The van der Waals surface area contributed by atoms with Crippen molar-refractivity contribution in [3.63, 3.8) is 0 Å². The molecular weight excluding hydrogens is 428 g/mol. The van der Waals surface area contributed by atoms with Crippen molar-refractivity contribution in [2.24, 2.45) is 0 Å². The van der Waals surface area contributed by atoms with Gasteiger partial charge in [-0.3, -0.25) is 4.79 Å². The van der Waals surface area contributed by atoms with Crippen LogP contribution in [0.5, 0.6) is 5.75 Å². The number of anilines is 1. The van der Waals surface area contributed by atoms with Crippen LogP contribution in [0.2, 0.25) is 5.02 Å². The van der Waals surface area contributed by atoms with E-state index >= 15 is 0 Å². The molecule has 0 aliphatic carbocycles. The summed E-state index contributed by atoms with van der Waals surface area (Å²) >= 11 is 6.29. The van der Waals surface area contributed by atoms with E-state index < -0.39 is 5.97 Å². The molecule has 0 fully saturated rings. The maximum Gasteiger partial charge on any atom is 0.339 e. The first kappa shape index (κ1) is 22.8. The molecule has 0 atom stereocenters. The van der Waals surface area contributed by atoms with E-state index in [9.17, 15) is 14.7 Å². The van der Waals surface area contributed by atoms with E-state index in [2.05, 4.69) is 15.7 Å². The second kappa shape index (κ2) is 10.4. The molecule has 0 radical (unpaired) electrons. The highest BCUT2D eigenvalue weighted by Gasteiger charge is 2.28. The summed E-state index contributed by atoms with van der Waals surface area (Å²) in [7, 11) is 3.30. The molecule has 166 valence electrons. The van der Waals surface area contributed by atoms with Gasteiger partial charge in [0.2, 0.25) is 0 Å². The number of aromatic carboxylic acids is 1. The molecule has 3 rings (SSSR count). The van der Waals surface area contributed by atoms with Gasteiger partial charge in [0.1, 0.15) is 24.7 Å². The summed E-state index contributed by atoms with van der Waals surface area (Å²) in [4.78, 5) is 24.2. The molecule has 1 aliphatic rings. The molecule has 10 nitrogen and oxygen atoms in total. The summed E-state index contributed by atoms with van der Waals surface area (Å²) in [5.74, 6) is -1.16. The van der Waals surface area contributed by atoms with E-state index in [0.717, 1.165) is 6.54 Å². The van der Waals surface area contributed by atoms with Gasteiger partial charge in [0, 0.05) is 19.2 Å². The van der Waals surface area contributed by atoms with Crippen molar-refractivity contribution < 1.29 is 28.9 Å². The van der Waals surface area contributed by atoms with Crippen LogP contribution in [0.15, 0.2) is 18.3 Å². The fraction of sp³-hybridized carbons (Fsp3) is 0.350. The quantitative estimate of drug-likeness (QED) is 0.350. The lowest BCUT2D eigenvalue weighted by Crippen LogP contribution is -2.16. The average molecular weight is 451 g/mol. The Labute approximate surface area is 183 Å². The molecule has 2 aromatic rings. The fourth-order valence-corrected chi connectivity index (χ4v) is 3.22. The standard InChI is InChI=1S/C20H23ClN4O6/c1-22-3-4-30-5-6-31-18-8-12-13(19(26)24-16(12)9-15(18)21)7-17-14(20(27)28)10-23-25(17)11-29-2/h7-10,22H,3-6,11H2,1-2H3,(H,24,26)(H,27,28)/b13-7-. The summed E-state index contributed by atoms with van der Waals surface area (Å²) in [6, 6.07) is 3.24. The van der Waals surface area contributed by atoms with Crippen molar-refractivity contribution in [3.05, 3.63) is 40.2 Å². The zero-order chi connectivity index (χ0) is 22.4. The van der Waals surface area contributed by atoms with E-state index in [4.69, 9.17) is 25.8 Å². The number of hydrogen-bond donors (Lipinski definition) is 3. The predicted molar refractivity (Wildman–Crippen MR) is 114 cm³/mol. The molecule has 0 bridgehead atoms. The maximum absolute atomic E-state index is 12.6. The van der Waals surface area contributed by atoms with Gasteiger partial charge in [-0.05, 0) is 25.3 Å². The predicted octanol–water partition coefficient (Wildman–Crippen LogP) is 1.95. The number of amides is 1. The molecule has 0 saturated heterocycles. The van der Waals surface area contributed by atoms with Crippen LogP contribution in [-0.4, -0.2) is 67.3 Å². The van der Waals surface area contributed by atoms with Crippen molar-refractivity contribution >= 4 is 40.8 Å². The Morgan fingerprint density at radius 3 is 2.87 bits per heavy atom. The number of ether oxygens (including phenoxy) is 3. The molecule has 0 spiro atoms. The number of hydrogen-bond acceptors (Lipinski definition) is 7. The molecular formula is C20H23ClN4O6. The van der Waals surface area contributed by atoms with Crippen molar-refractivity contribution in [2.45, 2.75) is 6.73 Å². The van der Waals surface area contributed by atoms with Crippen LogP contribution in [0.1, 0.15) is 21.6 Å². The molecule has 1 aromatic carbocycles.